The standard InChI is InChI=1S/C33H45FN2O5S2/c1-8-10-16-33(17-11-9-2)21-36(24-14-12-23(13-15-24)30(37)35-32(3,4)5)26-18-28(42-7)27(19-29(26)43(39)22-33)41-20-25(34)31(38)40-6/h12-15,18-20H,8-11,16-17,21-22H2,1-7H3,(H,35,37)/b25-20-. The number of hydrogen-bond acceptors (Lipinski definition) is 7. The second-order valence-corrected chi connectivity index (χ2v) is 14.3. The fraction of sp³-hybridized carbons (Fsp3) is 0.515. The lowest BCUT2D eigenvalue weighted by Crippen LogP contribution is -2.40. The van der Waals surface area contributed by atoms with Gasteiger partial charge in [-0.2, -0.15) is 4.39 Å². The van der Waals surface area contributed by atoms with Crippen molar-refractivity contribution in [2.24, 2.45) is 5.41 Å². The molecule has 236 valence electrons. The lowest BCUT2D eigenvalue weighted by molar-refractivity contribution is -0.137. The average molecular weight is 633 g/mol. The molecule has 0 aromatic heterocycles. The molecule has 0 bridgehead atoms. The van der Waals surface area contributed by atoms with Gasteiger partial charge in [0.1, 0.15) is 12.0 Å². The van der Waals surface area contributed by atoms with E-state index in [2.05, 4.69) is 28.8 Å². The van der Waals surface area contributed by atoms with Gasteiger partial charge >= 0.3 is 5.97 Å². The number of nitrogens with one attached hydrogen (secondary N) is 1. The zero-order chi connectivity index (χ0) is 31.8. The third-order valence-electron chi connectivity index (χ3n) is 7.43. The minimum absolute atomic E-state index is 0.143. The van der Waals surface area contributed by atoms with Gasteiger partial charge in [-0.1, -0.05) is 39.5 Å². The highest BCUT2D eigenvalue weighted by atomic mass is 32.2. The third-order valence-corrected chi connectivity index (χ3v) is 9.88. The van der Waals surface area contributed by atoms with Crippen molar-refractivity contribution >= 4 is 45.8 Å². The van der Waals surface area contributed by atoms with Crippen LogP contribution in [0.1, 0.15) is 83.5 Å². The second kappa shape index (κ2) is 15.2. The van der Waals surface area contributed by atoms with Crippen molar-refractivity contribution in [3.05, 3.63) is 54.1 Å². The SMILES string of the molecule is CCCCC1(CCCC)CN(c2ccc(C(=O)NC(C)(C)C)cc2)c2cc(SC)c(O/C=C(\F)C(=O)OC)cc2S(=O)C1. The number of amides is 1. The van der Waals surface area contributed by atoms with Crippen molar-refractivity contribution in [3.63, 3.8) is 0 Å². The van der Waals surface area contributed by atoms with Gasteiger partial charge in [0.05, 0.1) is 33.4 Å². The molecule has 0 saturated carbocycles. The van der Waals surface area contributed by atoms with Gasteiger partial charge in [0.15, 0.2) is 0 Å². The Hall–Kier alpha value is -2.85. The first kappa shape index (κ1) is 34.6. The van der Waals surface area contributed by atoms with E-state index in [0.29, 0.717) is 33.4 Å². The molecule has 0 saturated heterocycles. The van der Waals surface area contributed by atoms with Crippen LogP contribution in [0, 0.1) is 5.41 Å². The summed E-state index contributed by atoms with van der Waals surface area (Å²) < 4.78 is 38.4. The van der Waals surface area contributed by atoms with E-state index < -0.39 is 22.6 Å². The van der Waals surface area contributed by atoms with Gasteiger partial charge in [-0.25, -0.2) is 4.79 Å². The lowest BCUT2D eigenvalue weighted by Gasteiger charge is -2.37. The topological polar surface area (TPSA) is 84.9 Å². The highest BCUT2D eigenvalue weighted by molar-refractivity contribution is 7.98. The number of ether oxygens (including phenoxy) is 2. The Morgan fingerprint density at radius 3 is 2.28 bits per heavy atom. The van der Waals surface area contributed by atoms with E-state index in [1.165, 1.54) is 11.8 Å². The molecule has 43 heavy (non-hydrogen) atoms. The maximum Gasteiger partial charge on any atom is 0.370 e. The first-order valence-electron chi connectivity index (χ1n) is 14.8. The second-order valence-electron chi connectivity index (χ2n) is 12.1. The molecule has 1 amide bonds. The molecule has 0 spiro atoms. The normalized spacial score (nSPS) is 16.7. The molecule has 0 radical (unpaired) electrons. The first-order chi connectivity index (χ1) is 20.4. The Kier molecular flexibility index (Phi) is 12.3. The number of carbonyl (C=O) groups is 2. The fourth-order valence-electron chi connectivity index (χ4n) is 5.23. The molecule has 1 atom stereocenters. The van der Waals surface area contributed by atoms with E-state index in [4.69, 9.17) is 4.74 Å². The number of anilines is 2. The monoisotopic (exact) mass is 632 g/mol. The molecule has 0 aliphatic carbocycles. The first-order valence-corrected chi connectivity index (χ1v) is 17.3. The van der Waals surface area contributed by atoms with Crippen LogP contribution >= 0.6 is 11.8 Å². The number of benzene rings is 2. The van der Waals surface area contributed by atoms with Crippen LogP contribution in [0.25, 0.3) is 0 Å². The van der Waals surface area contributed by atoms with E-state index in [-0.39, 0.29) is 16.9 Å². The maximum atomic E-state index is 14.2. The predicted molar refractivity (Wildman–Crippen MR) is 173 cm³/mol. The van der Waals surface area contributed by atoms with Gasteiger partial charge in [-0.15, -0.1) is 11.8 Å². The number of fused-ring (bicyclic) bond motifs is 1. The van der Waals surface area contributed by atoms with E-state index in [0.717, 1.165) is 63.3 Å². The van der Waals surface area contributed by atoms with Crippen LogP contribution < -0.4 is 15.0 Å². The lowest BCUT2D eigenvalue weighted by atomic mass is 9.79. The molecule has 0 fully saturated rings. The number of hydrogen-bond donors (Lipinski definition) is 1. The summed E-state index contributed by atoms with van der Waals surface area (Å²) in [6.07, 6.45) is 8.62. The quantitative estimate of drug-likeness (QED) is 0.110. The Morgan fingerprint density at radius 2 is 1.74 bits per heavy atom. The van der Waals surface area contributed by atoms with E-state index in [1.807, 2.05) is 57.4 Å². The summed E-state index contributed by atoms with van der Waals surface area (Å²) in [5, 5.41) is 3.01. The van der Waals surface area contributed by atoms with Crippen molar-refractivity contribution in [2.75, 3.05) is 30.6 Å². The summed E-state index contributed by atoms with van der Waals surface area (Å²) in [7, 11) is -0.279. The Labute approximate surface area is 262 Å². The van der Waals surface area contributed by atoms with Gasteiger partial charge in [0.25, 0.3) is 5.91 Å². The molecule has 1 aliphatic rings. The number of esters is 1. The molecule has 7 nitrogen and oxygen atoms in total. The summed E-state index contributed by atoms with van der Waals surface area (Å²) >= 11 is 1.41. The van der Waals surface area contributed by atoms with E-state index in [1.54, 1.807) is 6.07 Å². The Balaban J connectivity index is 2.16. The summed E-state index contributed by atoms with van der Waals surface area (Å²) in [6, 6.07) is 11.2. The Bertz CT molecular complexity index is 1330. The summed E-state index contributed by atoms with van der Waals surface area (Å²) in [4.78, 5) is 27.9. The maximum absolute atomic E-state index is 14.2. The van der Waals surface area contributed by atoms with Gasteiger partial charge in [0.2, 0.25) is 5.83 Å². The number of nitrogens with zero attached hydrogens (tertiary/aromatic N) is 1. The van der Waals surface area contributed by atoms with Gasteiger partial charge in [0, 0.05) is 40.6 Å². The van der Waals surface area contributed by atoms with Crippen LogP contribution in [-0.4, -0.2) is 47.3 Å². The molecular weight excluding hydrogens is 588 g/mol. The van der Waals surface area contributed by atoms with Crippen LogP contribution in [0.15, 0.2) is 58.3 Å². The molecule has 1 heterocycles. The number of rotatable bonds is 12. The van der Waals surface area contributed by atoms with Crippen molar-refractivity contribution in [1.82, 2.24) is 5.32 Å². The van der Waals surface area contributed by atoms with E-state index in [9.17, 15) is 18.2 Å². The summed E-state index contributed by atoms with van der Waals surface area (Å²) in [5.74, 6) is -1.64. The molecular formula is C33H45FN2O5S2. The minimum atomic E-state index is -1.37. The van der Waals surface area contributed by atoms with Crippen LogP contribution in [0.5, 0.6) is 5.75 Å². The highest BCUT2D eigenvalue weighted by Crippen LogP contribution is 2.46. The molecule has 2 aromatic rings. The largest absolute Gasteiger partial charge is 0.464 e. The number of halogens is 1. The fourth-order valence-corrected chi connectivity index (χ4v) is 7.50. The van der Waals surface area contributed by atoms with Crippen molar-refractivity contribution < 1.29 is 27.7 Å². The minimum Gasteiger partial charge on any atom is -0.464 e. The van der Waals surface area contributed by atoms with Crippen LogP contribution in [-0.2, 0) is 20.3 Å². The number of unbranched alkanes of at least 4 members (excludes halogenated alkanes) is 2. The smallest absolute Gasteiger partial charge is 0.370 e. The Morgan fingerprint density at radius 1 is 1.12 bits per heavy atom. The van der Waals surface area contributed by atoms with Crippen LogP contribution in [0.4, 0.5) is 15.8 Å². The van der Waals surface area contributed by atoms with Crippen LogP contribution in [0.2, 0.25) is 0 Å². The van der Waals surface area contributed by atoms with Crippen molar-refractivity contribution in [1.29, 1.82) is 0 Å². The number of carbonyl (C=O) groups excluding carboxylic acids is 2. The molecule has 10 heteroatoms. The van der Waals surface area contributed by atoms with Gasteiger partial charge in [-0.05, 0) is 70.2 Å². The molecule has 2 aromatic carbocycles. The zero-order valence-electron chi connectivity index (χ0n) is 26.4. The van der Waals surface area contributed by atoms with Crippen LogP contribution in [0.3, 0.4) is 0 Å². The zero-order valence-corrected chi connectivity index (χ0v) is 28.0. The van der Waals surface area contributed by atoms with Gasteiger partial charge in [-0.3, -0.25) is 9.00 Å². The predicted octanol–water partition coefficient (Wildman–Crippen LogP) is 7.93. The summed E-state index contributed by atoms with van der Waals surface area (Å²) in [5.41, 5.74) is 1.69. The number of methoxy groups -OCH3 is 1. The molecule has 3 rings (SSSR count). The van der Waals surface area contributed by atoms with E-state index >= 15 is 0 Å². The van der Waals surface area contributed by atoms with Crippen molar-refractivity contribution in [2.45, 2.75) is 88.5 Å². The average Bonchev–Trinajstić information content (AvgIpc) is 3.10. The summed E-state index contributed by atoms with van der Waals surface area (Å²) in [6.45, 7) is 10.8. The number of thioether (sulfide) groups is 1. The molecule has 1 aliphatic heterocycles. The highest BCUT2D eigenvalue weighted by Gasteiger charge is 2.39. The van der Waals surface area contributed by atoms with Crippen molar-refractivity contribution in [3.8, 4) is 5.75 Å². The third kappa shape index (κ3) is 9.08. The van der Waals surface area contributed by atoms with Gasteiger partial charge < -0.3 is 19.7 Å². The molecule has 1 unspecified atom stereocenters. The molecule has 1 N–H and O–H groups in total.